The molecule has 0 aliphatic carbocycles. The maximum absolute atomic E-state index is 14.3. The highest BCUT2D eigenvalue weighted by Crippen LogP contribution is 2.30. The molecule has 9 heteroatoms. The van der Waals surface area contributed by atoms with Gasteiger partial charge < -0.3 is 14.4 Å². The summed E-state index contributed by atoms with van der Waals surface area (Å²) < 4.78 is 26.9. The third-order valence-electron chi connectivity index (χ3n) is 5.69. The van der Waals surface area contributed by atoms with Gasteiger partial charge in [0.05, 0.1) is 31.5 Å². The van der Waals surface area contributed by atoms with Gasteiger partial charge in [-0.15, -0.1) is 5.10 Å². The Hall–Kier alpha value is -3.04. The molecule has 1 fully saturated rings. The Bertz CT molecular complexity index is 988. The summed E-state index contributed by atoms with van der Waals surface area (Å²) in [5.41, 5.74) is 1.73. The number of benzene rings is 2. The number of aromatic nitrogens is 4. The molecule has 4 rings (SSSR count). The first kappa shape index (κ1) is 22.2. The standard InChI is InChI=1S/C23H29FN6O2/c1-3-32-19-10-8-18(9-11-19)22(23-25-26-27-30(23)16-17-31-2)29-14-12-28(13-15-29)21-7-5-4-6-20(21)24/h4-11,22H,3,12-17H2,1-2H3. The van der Waals surface area contributed by atoms with Crippen molar-refractivity contribution in [3.05, 3.63) is 65.7 Å². The van der Waals surface area contributed by atoms with Crippen LogP contribution in [0.15, 0.2) is 48.5 Å². The van der Waals surface area contributed by atoms with Crippen molar-refractivity contribution in [2.24, 2.45) is 0 Å². The molecular weight excluding hydrogens is 411 g/mol. The Morgan fingerprint density at radius 1 is 1.03 bits per heavy atom. The van der Waals surface area contributed by atoms with Crippen LogP contribution < -0.4 is 9.64 Å². The Balaban J connectivity index is 1.59. The lowest BCUT2D eigenvalue weighted by Gasteiger charge is -2.40. The Morgan fingerprint density at radius 3 is 2.47 bits per heavy atom. The number of ether oxygens (including phenoxy) is 2. The Kier molecular flexibility index (Phi) is 7.28. The van der Waals surface area contributed by atoms with Crippen molar-refractivity contribution in [1.29, 1.82) is 0 Å². The van der Waals surface area contributed by atoms with E-state index in [2.05, 4.69) is 37.5 Å². The zero-order valence-electron chi connectivity index (χ0n) is 18.5. The van der Waals surface area contributed by atoms with Crippen LogP contribution in [-0.4, -0.2) is 71.6 Å². The Labute approximate surface area is 187 Å². The van der Waals surface area contributed by atoms with Gasteiger partial charge >= 0.3 is 0 Å². The van der Waals surface area contributed by atoms with Gasteiger partial charge in [0.1, 0.15) is 11.6 Å². The summed E-state index contributed by atoms with van der Waals surface area (Å²) in [5, 5.41) is 12.5. The molecule has 1 saturated heterocycles. The fourth-order valence-corrected chi connectivity index (χ4v) is 4.11. The summed E-state index contributed by atoms with van der Waals surface area (Å²) in [6.45, 7) is 6.62. The van der Waals surface area contributed by atoms with Gasteiger partial charge in [-0.2, -0.15) is 0 Å². The molecule has 0 N–H and O–H groups in total. The number of rotatable bonds is 9. The van der Waals surface area contributed by atoms with Gasteiger partial charge in [-0.05, 0) is 47.2 Å². The highest BCUT2D eigenvalue weighted by atomic mass is 19.1. The van der Waals surface area contributed by atoms with E-state index in [-0.39, 0.29) is 11.9 Å². The highest BCUT2D eigenvalue weighted by molar-refractivity contribution is 5.48. The largest absolute Gasteiger partial charge is 0.494 e. The van der Waals surface area contributed by atoms with Crippen molar-refractivity contribution >= 4 is 5.69 Å². The van der Waals surface area contributed by atoms with Gasteiger partial charge in [-0.1, -0.05) is 24.3 Å². The first-order valence-electron chi connectivity index (χ1n) is 10.9. The van der Waals surface area contributed by atoms with E-state index >= 15 is 0 Å². The van der Waals surface area contributed by atoms with E-state index in [1.807, 2.05) is 31.2 Å². The molecule has 1 aromatic heterocycles. The minimum Gasteiger partial charge on any atom is -0.494 e. The molecule has 170 valence electrons. The maximum Gasteiger partial charge on any atom is 0.173 e. The first-order chi connectivity index (χ1) is 15.7. The molecule has 1 aliphatic rings. The molecule has 8 nitrogen and oxygen atoms in total. The molecule has 0 amide bonds. The van der Waals surface area contributed by atoms with Crippen molar-refractivity contribution in [2.75, 3.05) is 51.4 Å². The van der Waals surface area contributed by atoms with Crippen LogP contribution in [-0.2, 0) is 11.3 Å². The van der Waals surface area contributed by atoms with Gasteiger partial charge in [-0.25, -0.2) is 9.07 Å². The molecule has 1 unspecified atom stereocenters. The first-order valence-corrected chi connectivity index (χ1v) is 10.9. The number of piperazine rings is 1. The topological polar surface area (TPSA) is 68.5 Å². The van der Waals surface area contributed by atoms with Gasteiger partial charge in [0, 0.05) is 33.3 Å². The molecule has 3 aromatic rings. The van der Waals surface area contributed by atoms with Crippen molar-refractivity contribution in [3.63, 3.8) is 0 Å². The van der Waals surface area contributed by atoms with Crippen LogP contribution in [0.5, 0.6) is 5.75 Å². The van der Waals surface area contributed by atoms with Crippen LogP contribution in [0.1, 0.15) is 24.4 Å². The van der Waals surface area contributed by atoms with Crippen LogP contribution in [0.2, 0.25) is 0 Å². The number of tetrazole rings is 1. The summed E-state index contributed by atoms with van der Waals surface area (Å²) in [7, 11) is 1.66. The van der Waals surface area contributed by atoms with Crippen LogP contribution in [0.3, 0.4) is 0 Å². The molecule has 0 saturated carbocycles. The minimum absolute atomic E-state index is 0.125. The average Bonchev–Trinajstić information content (AvgIpc) is 3.28. The quantitative estimate of drug-likeness (QED) is 0.507. The number of anilines is 1. The number of hydrogen-bond acceptors (Lipinski definition) is 7. The summed E-state index contributed by atoms with van der Waals surface area (Å²) >= 11 is 0. The van der Waals surface area contributed by atoms with E-state index in [1.54, 1.807) is 17.9 Å². The lowest BCUT2D eigenvalue weighted by Crippen LogP contribution is -2.48. The molecule has 32 heavy (non-hydrogen) atoms. The van der Waals surface area contributed by atoms with Crippen LogP contribution in [0.25, 0.3) is 0 Å². The van der Waals surface area contributed by atoms with E-state index in [0.717, 1.165) is 30.2 Å². The van der Waals surface area contributed by atoms with Gasteiger partial charge in [0.25, 0.3) is 0 Å². The molecule has 1 atom stereocenters. The second-order valence-corrected chi connectivity index (χ2v) is 7.63. The normalized spacial score (nSPS) is 15.7. The third kappa shape index (κ3) is 4.89. The predicted octanol–water partition coefficient (Wildman–Crippen LogP) is 2.77. The van der Waals surface area contributed by atoms with Crippen molar-refractivity contribution in [1.82, 2.24) is 25.1 Å². The molecule has 1 aliphatic heterocycles. The molecule has 0 bridgehead atoms. The summed E-state index contributed by atoms with van der Waals surface area (Å²) in [6, 6.07) is 14.9. The number of halogens is 1. The molecule has 0 spiro atoms. The minimum atomic E-state index is -0.187. The number of methoxy groups -OCH3 is 1. The van der Waals surface area contributed by atoms with E-state index in [1.165, 1.54) is 6.07 Å². The van der Waals surface area contributed by atoms with Crippen molar-refractivity contribution in [2.45, 2.75) is 19.5 Å². The van der Waals surface area contributed by atoms with E-state index < -0.39 is 0 Å². The summed E-state index contributed by atoms with van der Waals surface area (Å²) in [6.07, 6.45) is 0. The lowest BCUT2D eigenvalue weighted by atomic mass is 10.0. The molecule has 0 radical (unpaired) electrons. The third-order valence-corrected chi connectivity index (χ3v) is 5.69. The summed E-state index contributed by atoms with van der Waals surface area (Å²) in [5.74, 6) is 1.41. The zero-order valence-corrected chi connectivity index (χ0v) is 18.5. The fraction of sp³-hybridized carbons (Fsp3) is 0.435. The zero-order chi connectivity index (χ0) is 22.3. The smallest absolute Gasteiger partial charge is 0.173 e. The van der Waals surface area contributed by atoms with Crippen molar-refractivity contribution in [3.8, 4) is 5.75 Å². The van der Waals surface area contributed by atoms with Crippen molar-refractivity contribution < 1.29 is 13.9 Å². The van der Waals surface area contributed by atoms with E-state index in [9.17, 15) is 4.39 Å². The maximum atomic E-state index is 14.3. The average molecular weight is 441 g/mol. The molecule has 2 aromatic carbocycles. The van der Waals surface area contributed by atoms with Gasteiger partial charge in [0.2, 0.25) is 0 Å². The summed E-state index contributed by atoms with van der Waals surface area (Å²) in [4.78, 5) is 4.44. The molecule has 2 heterocycles. The van der Waals surface area contributed by atoms with E-state index in [0.29, 0.717) is 38.5 Å². The van der Waals surface area contributed by atoms with Gasteiger partial charge in [-0.3, -0.25) is 4.90 Å². The van der Waals surface area contributed by atoms with Crippen LogP contribution in [0, 0.1) is 5.82 Å². The number of hydrogen-bond donors (Lipinski definition) is 0. The number of para-hydroxylation sites is 1. The van der Waals surface area contributed by atoms with Crippen LogP contribution >= 0.6 is 0 Å². The number of nitrogens with zero attached hydrogens (tertiary/aromatic N) is 6. The van der Waals surface area contributed by atoms with E-state index in [4.69, 9.17) is 9.47 Å². The molecular formula is C23H29FN6O2. The monoisotopic (exact) mass is 440 g/mol. The second kappa shape index (κ2) is 10.5. The van der Waals surface area contributed by atoms with Crippen LogP contribution in [0.4, 0.5) is 10.1 Å². The SMILES string of the molecule is CCOc1ccc(C(c2nnnn2CCOC)N2CCN(c3ccccc3F)CC2)cc1. The van der Waals surface area contributed by atoms with Gasteiger partial charge in [0.15, 0.2) is 5.82 Å². The fourth-order valence-electron chi connectivity index (χ4n) is 4.11. The predicted molar refractivity (Wildman–Crippen MR) is 119 cm³/mol. The Morgan fingerprint density at radius 2 is 1.78 bits per heavy atom. The second-order valence-electron chi connectivity index (χ2n) is 7.63. The highest BCUT2D eigenvalue weighted by Gasteiger charge is 2.31. The lowest BCUT2D eigenvalue weighted by molar-refractivity contribution is 0.171.